The van der Waals surface area contributed by atoms with Gasteiger partial charge in [0.25, 0.3) is 0 Å². The van der Waals surface area contributed by atoms with Crippen molar-refractivity contribution in [3.63, 3.8) is 0 Å². The normalized spacial score (nSPS) is 26.0. The van der Waals surface area contributed by atoms with E-state index in [1.165, 1.54) is 0 Å². The van der Waals surface area contributed by atoms with E-state index in [-0.39, 0.29) is 5.72 Å². The predicted octanol–water partition coefficient (Wildman–Crippen LogP) is 0.824. The van der Waals surface area contributed by atoms with E-state index < -0.39 is 0 Å². The van der Waals surface area contributed by atoms with Crippen molar-refractivity contribution in [1.29, 1.82) is 0 Å². The second-order valence-electron chi connectivity index (χ2n) is 2.07. The molecule has 0 aromatic rings. The fourth-order valence-electron chi connectivity index (χ4n) is 0.536. The van der Waals surface area contributed by atoms with Gasteiger partial charge in [-0.05, 0) is 13.8 Å². The summed E-state index contributed by atoms with van der Waals surface area (Å²) in [6.07, 6.45) is 1.79. The fourth-order valence-corrected chi connectivity index (χ4v) is 0.536. The van der Waals surface area contributed by atoms with Crippen LogP contribution in [0.5, 0.6) is 0 Å². The first-order valence-electron chi connectivity index (χ1n) is 2.38. The van der Waals surface area contributed by atoms with E-state index in [4.69, 9.17) is 4.74 Å². The summed E-state index contributed by atoms with van der Waals surface area (Å²) >= 11 is 0. The standard InChI is InChI=1S/C5H9NO/c1-5(2)6-3-4-7-5/h3H,4H2,1-2H3. The Kier molecular flexibility index (Phi) is 0.889. The largest absolute Gasteiger partial charge is 0.349 e. The Morgan fingerprint density at radius 1 is 1.71 bits per heavy atom. The molecule has 0 aromatic carbocycles. The van der Waals surface area contributed by atoms with Crippen LogP contribution in [0.25, 0.3) is 0 Å². The van der Waals surface area contributed by atoms with Crippen molar-refractivity contribution in [2.75, 3.05) is 6.61 Å². The molecule has 1 aliphatic heterocycles. The molecule has 0 saturated carbocycles. The van der Waals surface area contributed by atoms with Crippen molar-refractivity contribution in [3.8, 4) is 0 Å². The molecule has 0 aliphatic carbocycles. The molecule has 1 rings (SSSR count). The van der Waals surface area contributed by atoms with Gasteiger partial charge in [0, 0.05) is 6.21 Å². The Bertz CT molecular complexity index is 96.3. The van der Waals surface area contributed by atoms with Crippen LogP contribution in [0.2, 0.25) is 0 Å². The first-order valence-corrected chi connectivity index (χ1v) is 2.38. The number of nitrogens with zero attached hydrogens (tertiary/aromatic N) is 1. The second-order valence-corrected chi connectivity index (χ2v) is 2.07. The van der Waals surface area contributed by atoms with Crippen LogP contribution in [-0.4, -0.2) is 18.5 Å². The Labute approximate surface area is 43.2 Å². The summed E-state index contributed by atoms with van der Waals surface area (Å²) in [4.78, 5) is 4.02. The molecule has 0 N–H and O–H groups in total. The first-order chi connectivity index (χ1) is 3.21. The maximum Gasteiger partial charge on any atom is 0.153 e. The topological polar surface area (TPSA) is 21.6 Å². The third kappa shape index (κ3) is 0.996. The highest BCUT2D eigenvalue weighted by Gasteiger charge is 2.18. The number of hydrogen-bond donors (Lipinski definition) is 0. The lowest BCUT2D eigenvalue weighted by Crippen LogP contribution is -2.15. The van der Waals surface area contributed by atoms with Crippen molar-refractivity contribution >= 4 is 6.21 Å². The van der Waals surface area contributed by atoms with Gasteiger partial charge >= 0.3 is 0 Å². The van der Waals surface area contributed by atoms with Crippen molar-refractivity contribution in [3.05, 3.63) is 0 Å². The summed E-state index contributed by atoms with van der Waals surface area (Å²) in [6, 6.07) is 0. The second kappa shape index (κ2) is 1.30. The van der Waals surface area contributed by atoms with E-state index in [0.29, 0.717) is 6.61 Å². The molecular formula is C5H9NO. The van der Waals surface area contributed by atoms with Gasteiger partial charge in [0.2, 0.25) is 0 Å². The Morgan fingerprint density at radius 2 is 2.43 bits per heavy atom. The summed E-state index contributed by atoms with van der Waals surface area (Å²) < 4.78 is 5.12. The Hall–Kier alpha value is -0.370. The zero-order chi connectivity index (χ0) is 5.33. The van der Waals surface area contributed by atoms with Crippen LogP contribution in [0.15, 0.2) is 4.99 Å². The Balaban J connectivity index is 2.57. The molecule has 2 heteroatoms. The minimum atomic E-state index is -0.236. The molecule has 40 valence electrons. The first kappa shape index (κ1) is 4.78. The van der Waals surface area contributed by atoms with Gasteiger partial charge in [0.1, 0.15) is 0 Å². The van der Waals surface area contributed by atoms with Gasteiger partial charge in [-0.1, -0.05) is 0 Å². The monoisotopic (exact) mass is 99.1 g/mol. The molecular weight excluding hydrogens is 90.1 g/mol. The van der Waals surface area contributed by atoms with Gasteiger partial charge in [-0.3, -0.25) is 4.99 Å². The highest BCUT2D eigenvalue weighted by molar-refractivity contribution is 5.60. The summed E-state index contributed by atoms with van der Waals surface area (Å²) in [5, 5.41) is 0. The van der Waals surface area contributed by atoms with E-state index in [2.05, 4.69) is 4.99 Å². The van der Waals surface area contributed by atoms with Gasteiger partial charge in [-0.25, -0.2) is 0 Å². The molecule has 0 radical (unpaired) electrons. The molecule has 0 saturated heterocycles. The van der Waals surface area contributed by atoms with Crippen LogP contribution < -0.4 is 0 Å². The highest BCUT2D eigenvalue weighted by Crippen LogP contribution is 2.12. The third-order valence-corrected chi connectivity index (χ3v) is 0.913. The van der Waals surface area contributed by atoms with Crippen LogP contribution >= 0.6 is 0 Å². The molecule has 0 unspecified atom stereocenters. The number of aliphatic imine (C=N–C) groups is 1. The van der Waals surface area contributed by atoms with Gasteiger partial charge < -0.3 is 4.74 Å². The summed E-state index contributed by atoms with van der Waals surface area (Å²) in [7, 11) is 0. The summed E-state index contributed by atoms with van der Waals surface area (Å²) in [5.41, 5.74) is -0.236. The van der Waals surface area contributed by atoms with E-state index in [1.807, 2.05) is 13.8 Å². The van der Waals surface area contributed by atoms with Crippen molar-refractivity contribution in [1.82, 2.24) is 0 Å². The SMILES string of the molecule is CC1(C)N=CCO1. The van der Waals surface area contributed by atoms with Gasteiger partial charge in [0.15, 0.2) is 5.72 Å². The van der Waals surface area contributed by atoms with E-state index in [1.54, 1.807) is 6.21 Å². The molecule has 0 atom stereocenters. The molecule has 0 spiro atoms. The van der Waals surface area contributed by atoms with Gasteiger partial charge in [-0.2, -0.15) is 0 Å². The lowest BCUT2D eigenvalue weighted by atomic mass is 10.3. The van der Waals surface area contributed by atoms with Crippen LogP contribution in [0, 0.1) is 0 Å². The molecule has 2 nitrogen and oxygen atoms in total. The van der Waals surface area contributed by atoms with Crippen LogP contribution in [0.3, 0.4) is 0 Å². The minimum Gasteiger partial charge on any atom is -0.349 e. The molecule has 7 heavy (non-hydrogen) atoms. The van der Waals surface area contributed by atoms with Crippen LogP contribution in [-0.2, 0) is 4.74 Å². The van der Waals surface area contributed by atoms with Gasteiger partial charge in [-0.15, -0.1) is 0 Å². The molecule has 0 fully saturated rings. The number of rotatable bonds is 0. The molecule has 0 amide bonds. The zero-order valence-corrected chi connectivity index (χ0v) is 4.64. The molecule has 1 heterocycles. The lowest BCUT2D eigenvalue weighted by molar-refractivity contribution is 0.0330. The van der Waals surface area contributed by atoms with E-state index in [0.717, 1.165) is 0 Å². The van der Waals surface area contributed by atoms with Crippen molar-refractivity contribution in [2.45, 2.75) is 19.6 Å². The maximum atomic E-state index is 5.12. The van der Waals surface area contributed by atoms with Crippen LogP contribution in [0.4, 0.5) is 0 Å². The molecule has 1 aliphatic rings. The number of ether oxygens (including phenoxy) is 1. The Morgan fingerprint density at radius 3 is 2.57 bits per heavy atom. The van der Waals surface area contributed by atoms with E-state index in [9.17, 15) is 0 Å². The van der Waals surface area contributed by atoms with Gasteiger partial charge in [0.05, 0.1) is 6.61 Å². The molecule has 0 aromatic heterocycles. The minimum absolute atomic E-state index is 0.236. The summed E-state index contributed by atoms with van der Waals surface area (Å²) in [5.74, 6) is 0. The molecule has 0 bridgehead atoms. The average molecular weight is 99.1 g/mol. The number of hydrogen-bond acceptors (Lipinski definition) is 2. The fraction of sp³-hybridized carbons (Fsp3) is 0.800. The summed E-state index contributed by atoms with van der Waals surface area (Å²) in [6.45, 7) is 4.56. The van der Waals surface area contributed by atoms with Crippen LogP contribution in [0.1, 0.15) is 13.8 Å². The lowest BCUT2D eigenvalue weighted by Gasteiger charge is -2.11. The van der Waals surface area contributed by atoms with E-state index >= 15 is 0 Å². The zero-order valence-electron chi connectivity index (χ0n) is 4.64. The maximum absolute atomic E-state index is 5.12. The third-order valence-electron chi connectivity index (χ3n) is 0.913. The van der Waals surface area contributed by atoms with Crippen molar-refractivity contribution < 1.29 is 4.74 Å². The smallest absolute Gasteiger partial charge is 0.153 e. The van der Waals surface area contributed by atoms with Crippen molar-refractivity contribution in [2.24, 2.45) is 4.99 Å². The highest BCUT2D eigenvalue weighted by atomic mass is 16.5. The quantitative estimate of drug-likeness (QED) is 0.440. The predicted molar refractivity (Wildman–Crippen MR) is 28.5 cm³/mol. The average Bonchev–Trinajstić information content (AvgIpc) is 1.84.